The molecule has 1 aliphatic carbocycles. The highest BCUT2D eigenvalue weighted by Crippen LogP contribution is 2.45. The molecule has 2 aromatic carbocycles. The molecule has 210 valence electrons. The second-order valence-electron chi connectivity index (χ2n) is 10.3. The van der Waals surface area contributed by atoms with Crippen LogP contribution in [0.1, 0.15) is 25.3 Å². The Morgan fingerprint density at radius 3 is 2.45 bits per heavy atom. The molecule has 40 heavy (non-hydrogen) atoms. The van der Waals surface area contributed by atoms with Crippen LogP contribution in [0.5, 0.6) is 5.75 Å². The first-order valence-electron chi connectivity index (χ1n) is 12.9. The van der Waals surface area contributed by atoms with E-state index < -0.39 is 28.6 Å². The molecule has 1 saturated carbocycles. The zero-order chi connectivity index (χ0) is 28.3. The van der Waals surface area contributed by atoms with Crippen molar-refractivity contribution in [2.45, 2.75) is 25.5 Å². The second kappa shape index (κ2) is 11.8. The minimum Gasteiger partial charge on any atom is -0.598 e. The van der Waals surface area contributed by atoms with E-state index in [0.29, 0.717) is 44.2 Å². The number of aromatic nitrogens is 2. The number of hydrogen-bond acceptors (Lipinski definition) is 8. The van der Waals surface area contributed by atoms with Gasteiger partial charge in [-0.1, -0.05) is 19.1 Å². The van der Waals surface area contributed by atoms with E-state index in [0.717, 1.165) is 47.0 Å². The van der Waals surface area contributed by atoms with Crippen molar-refractivity contribution >= 4 is 28.6 Å². The summed E-state index contributed by atoms with van der Waals surface area (Å²) in [6, 6.07) is 10.3. The predicted octanol–water partition coefficient (Wildman–Crippen LogP) is 3.85. The van der Waals surface area contributed by atoms with Crippen molar-refractivity contribution < 1.29 is 18.1 Å². The standard InChI is InChI=1S/C28H30F2N6O3S/c1-28(6-7-28)19-39-26-25(17-33-36(27(26)37)24-15-21(29)14-22(30)16-24)34-10-12-35(13-11-34)40(38)18-20-2-4-23(5-3-20)32-9-8-31/h2-5,9,14-17,31-32H,6-7,10-13,18-19H2,1H3. The summed E-state index contributed by atoms with van der Waals surface area (Å²) < 4.78 is 49.7. The summed E-state index contributed by atoms with van der Waals surface area (Å²) in [5.41, 5.74) is 1.64. The number of nitrogens with zero attached hydrogens (tertiary/aromatic N) is 4. The molecular formula is C28H30F2N6O3S. The molecule has 2 N–H and O–H groups in total. The van der Waals surface area contributed by atoms with Gasteiger partial charge >= 0.3 is 5.56 Å². The van der Waals surface area contributed by atoms with Gasteiger partial charge in [0.05, 0.1) is 37.8 Å². The zero-order valence-electron chi connectivity index (χ0n) is 22.0. The molecule has 0 spiro atoms. The Balaban J connectivity index is 1.30. The van der Waals surface area contributed by atoms with Crippen LogP contribution in [0.4, 0.5) is 20.2 Å². The number of hydrogen-bond donors (Lipinski definition) is 2. The van der Waals surface area contributed by atoms with Crippen LogP contribution in [0.2, 0.25) is 0 Å². The maximum absolute atomic E-state index is 13.9. The van der Waals surface area contributed by atoms with Crippen molar-refractivity contribution in [1.82, 2.24) is 14.1 Å². The fourth-order valence-electron chi connectivity index (χ4n) is 4.42. The molecule has 9 nitrogen and oxygen atoms in total. The summed E-state index contributed by atoms with van der Waals surface area (Å²) in [6.07, 6.45) is 4.89. The Bertz CT molecular complexity index is 1450. The average Bonchev–Trinajstić information content (AvgIpc) is 3.68. The van der Waals surface area contributed by atoms with E-state index in [1.165, 1.54) is 12.4 Å². The largest absolute Gasteiger partial charge is 0.598 e. The number of rotatable bonds is 10. The van der Waals surface area contributed by atoms with Gasteiger partial charge in [0.2, 0.25) is 5.75 Å². The van der Waals surface area contributed by atoms with Gasteiger partial charge in [0.15, 0.2) is 5.75 Å². The monoisotopic (exact) mass is 568 g/mol. The van der Waals surface area contributed by atoms with Gasteiger partial charge < -0.3 is 19.5 Å². The maximum Gasteiger partial charge on any atom is 0.316 e. The lowest BCUT2D eigenvalue weighted by molar-refractivity contribution is 0.242. The summed E-state index contributed by atoms with van der Waals surface area (Å²) in [6.45, 7) is 4.44. The first-order chi connectivity index (χ1) is 19.2. The van der Waals surface area contributed by atoms with E-state index in [1.807, 2.05) is 33.5 Å². The van der Waals surface area contributed by atoms with Gasteiger partial charge in [-0.2, -0.15) is 9.78 Å². The molecule has 3 aromatic rings. The van der Waals surface area contributed by atoms with Crippen molar-refractivity contribution in [2.75, 3.05) is 43.0 Å². The smallest absolute Gasteiger partial charge is 0.316 e. The van der Waals surface area contributed by atoms with Gasteiger partial charge in [-0.3, -0.25) is 10.2 Å². The molecule has 1 aromatic heterocycles. The molecular weight excluding hydrogens is 538 g/mol. The molecule has 1 saturated heterocycles. The van der Waals surface area contributed by atoms with Crippen molar-refractivity contribution in [3.8, 4) is 11.4 Å². The summed E-state index contributed by atoms with van der Waals surface area (Å²) in [5.74, 6) is 1.00. The number of anilines is 2. The Hall–Kier alpha value is -3.70. The number of halogens is 2. The molecule has 1 unspecified atom stereocenters. The average molecular weight is 569 g/mol. The molecule has 0 bridgehead atoms. The molecule has 2 heterocycles. The summed E-state index contributed by atoms with van der Waals surface area (Å²) >= 11 is -1.24. The van der Waals surface area contributed by atoms with E-state index in [2.05, 4.69) is 23.2 Å². The van der Waals surface area contributed by atoms with Crippen molar-refractivity contribution in [3.63, 3.8) is 0 Å². The molecule has 1 aliphatic heterocycles. The van der Waals surface area contributed by atoms with Gasteiger partial charge in [-0.05, 0) is 43.0 Å². The van der Waals surface area contributed by atoms with Gasteiger partial charge in [0, 0.05) is 47.2 Å². The van der Waals surface area contributed by atoms with Crippen LogP contribution >= 0.6 is 0 Å². The van der Waals surface area contributed by atoms with E-state index in [4.69, 9.17) is 10.1 Å². The first-order valence-corrected chi connectivity index (χ1v) is 14.2. The van der Waals surface area contributed by atoms with Gasteiger partial charge in [-0.15, -0.1) is 4.31 Å². The molecule has 1 atom stereocenters. The quantitative estimate of drug-likeness (QED) is 0.283. The fourth-order valence-corrected chi connectivity index (χ4v) is 5.65. The van der Waals surface area contributed by atoms with Crippen LogP contribution in [0.15, 0.2) is 59.7 Å². The summed E-state index contributed by atoms with van der Waals surface area (Å²) in [7, 11) is 0. The van der Waals surface area contributed by atoms with Crippen molar-refractivity contribution in [3.05, 3.63) is 82.4 Å². The van der Waals surface area contributed by atoms with Crippen LogP contribution in [0.3, 0.4) is 0 Å². The molecule has 12 heteroatoms. The number of nitrogens with one attached hydrogen (secondary N) is 2. The lowest BCUT2D eigenvalue weighted by atomic mass is 10.2. The Kier molecular flexibility index (Phi) is 8.22. The highest BCUT2D eigenvalue weighted by atomic mass is 32.2. The highest BCUT2D eigenvalue weighted by molar-refractivity contribution is 7.88. The molecule has 0 radical (unpaired) electrons. The third-order valence-corrected chi connectivity index (χ3v) is 8.62. The van der Waals surface area contributed by atoms with Gasteiger partial charge in [-0.25, -0.2) is 8.78 Å². The molecule has 2 aliphatic rings. The Labute approximate surface area is 233 Å². The SMILES string of the molecule is CC1(COc2c(N3CCN([S+]([O-])Cc4ccc(NC=C=N)cc4)CC3)cnn(-c3cc(F)cc(F)c3)c2=O)CC1. The molecule has 0 amide bonds. The summed E-state index contributed by atoms with van der Waals surface area (Å²) in [5, 5.41) is 14.1. The highest BCUT2D eigenvalue weighted by Gasteiger charge is 2.39. The molecule has 5 rings (SSSR count). The number of piperazine rings is 1. The third kappa shape index (κ3) is 6.53. The minimum absolute atomic E-state index is 0.00338. The van der Waals surface area contributed by atoms with Crippen LogP contribution in [0, 0.1) is 22.5 Å². The normalized spacial score (nSPS) is 17.1. The molecule has 2 fully saturated rings. The number of benzene rings is 2. The van der Waals surface area contributed by atoms with Crippen molar-refractivity contribution in [2.24, 2.45) is 5.41 Å². The number of ether oxygens (including phenoxy) is 1. The van der Waals surface area contributed by atoms with E-state index >= 15 is 0 Å². The lowest BCUT2D eigenvalue weighted by Crippen LogP contribution is -2.49. The topological polar surface area (TPSA) is 110 Å². The third-order valence-electron chi connectivity index (χ3n) is 7.10. The van der Waals surface area contributed by atoms with Crippen LogP contribution in [-0.2, 0) is 17.1 Å². The van der Waals surface area contributed by atoms with Crippen LogP contribution < -0.4 is 20.5 Å². The zero-order valence-corrected chi connectivity index (χ0v) is 22.8. The van der Waals surface area contributed by atoms with E-state index in [1.54, 1.807) is 0 Å². The summed E-state index contributed by atoms with van der Waals surface area (Å²) in [4.78, 5) is 15.4. The Morgan fingerprint density at radius 2 is 1.82 bits per heavy atom. The van der Waals surface area contributed by atoms with Crippen LogP contribution in [0.25, 0.3) is 5.69 Å². The van der Waals surface area contributed by atoms with Gasteiger partial charge in [0.25, 0.3) is 0 Å². The second-order valence-corrected chi connectivity index (χ2v) is 11.8. The lowest BCUT2D eigenvalue weighted by Gasteiger charge is -2.36. The van der Waals surface area contributed by atoms with E-state index in [-0.39, 0.29) is 16.9 Å². The van der Waals surface area contributed by atoms with Crippen LogP contribution in [-0.4, -0.2) is 57.3 Å². The predicted molar refractivity (Wildman–Crippen MR) is 151 cm³/mol. The first kappa shape index (κ1) is 27.9. The van der Waals surface area contributed by atoms with Gasteiger partial charge in [0.1, 0.15) is 17.3 Å². The minimum atomic E-state index is -1.24. The maximum atomic E-state index is 13.9. The van der Waals surface area contributed by atoms with E-state index in [9.17, 15) is 18.1 Å². The van der Waals surface area contributed by atoms with Crippen molar-refractivity contribution in [1.29, 1.82) is 5.41 Å². The fraction of sp³-hybridized carbons (Fsp3) is 0.357. The Morgan fingerprint density at radius 1 is 1.15 bits per heavy atom.